The number of hydrogen-bond donors (Lipinski definition) is 1. The second kappa shape index (κ2) is 9.39. The molecular weight excluding hydrogens is 442 g/mol. The number of pyridine rings is 1. The first-order valence-corrected chi connectivity index (χ1v) is 11.8. The molecule has 2 saturated heterocycles. The standard InChI is InChI=1S/C26H29N7O2/c1-4-22(34)32-12-10-18(11-13-32)33-14-17(15-33)8-9-20-23(19-6-5-7-21(30-19)35-3)24-25(27)28-16-29-26(24)31(20)2/h4-7,16-18H,1,10-15H2,2-3H3,(H2,27,28,29). The highest BCUT2D eigenvalue weighted by molar-refractivity contribution is 6.02. The third kappa shape index (κ3) is 4.21. The van der Waals surface area contributed by atoms with E-state index in [2.05, 4.69) is 38.3 Å². The summed E-state index contributed by atoms with van der Waals surface area (Å²) in [5.41, 5.74) is 9.34. The van der Waals surface area contributed by atoms with Gasteiger partial charge in [0.25, 0.3) is 0 Å². The molecule has 3 aromatic heterocycles. The molecule has 180 valence electrons. The molecule has 0 radical (unpaired) electrons. The number of rotatable bonds is 4. The summed E-state index contributed by atoms with van der Waals surface area (Å²) in [6.45, 7) is 7.04. The number of nitrogen functional groups attached to an aromatic ring is 1. The van der Waals surface area contributed by atoms with Gasteiger partial charge in [-0.15, -0.1) is 0 Å². The lowest BCUT2D eigenvalue weighted by Gasteiger charge is -2.45. The minimum Gasteiger partial charge on any atom is -0.481 e. The number of anilines is 1. The molecule has 2 aliphatic heterocycles. The van der Waals surface area contributed by atoms with Crippen LogP contribution in [0.2, 0.25) is 0 Å². The summed E-state index contributed by atoms with van der Waals surface area (Å²) in [6.07, 6.45) is 4.85. The van der Waals surface area contributed by atoms with Gasteiger partial charge in [0, 0.05) is 56.8 Å². The summed E-state index contributed by atoms with van der Waals surface area (Å²) in [6, 6.07) is 6.13. The van der Waals surface area contributed by atoms with E-state index in [0.717, 1.165) is 67.0 Å². The van der Waals surface area contributed by atoms with E-state index in [0.29, 0.717) is 17.7 Å². The molecule has 0 aliphatic carbocycles. The van der Waals surface area contributed by atoms with E-state index >= 15 is 0 Å². The lowest BCUT2D eigenvalue weighted by molar-refractivity contribution is -0.127. The van der Waals surface area contributed by atoms with Gasteiger partial charge in [0.2, 0.25) is 11.8 Å². The van der Waals surface area contributed by atoms with Crippen LogP contribution in [-0.2, 0) is 11.8 Å². The molecule has 0 aromatic carbocycles. The van der Waals surface area contributed by atoms with E-state index in [-0.39, 0.29) is 11.8 Å². The molecule has 35 heavy (non-hydrogen) atoms. The Morgan fingerprint density at radius 1 is 1.26 bits per heavy atom. The van der Waals surface area contributed by atoms with Crippen molar-refractivity contribution in [3.8, 4) is 29.0 Å². The first-order chi connectivity index (χ1) is 17.0. The highest BCUT2D eigenvalue weighted by atomic mass is 16.5. The van der Waals surface area contributed by atoms with Crippen LogP contribution in [0.15, 0.2) is 37.2 Å². The summed E-state index contributed by atoms with van der Waals surface area (Å²) in [4.78, 5) is 29.5. The van der Waals surface area contributed by atoms with Crippen molar-refractivity contribution < 1.29 is 9.53 Å². The van der Waals surface area contributed by atoms with Crippen LogP contribution in [0.1, 0.15) is 18.5 Å². The number of ether oxygens (including phenoxy) is 1. The molecular formula is C26H29N7O2. The van der Waals surface area contributed by atoms with E-state index < -0.39 is 0 Å². The van der Waals surface area contributed by atoms with Crippen LogP contribution in [-0.4, -0.2) is 74.6 Å². The monoisotopic (exact) mass is 471 g/mol. The Hall–Kier alpha value is -3.90. The topological polar surface area (TPSA) is 102 Å². The zero-order valence-electron chi connectivity index (χ0n) is 20.1. The van der Waals surface area contributed by atoms with Gasteiger partial charge in [0.1, 0.15) is 23.5 Å². The number of piperidine rings is 1. The van der Waals surface area contributed by atoms with Gasteiger partial charge in [-0.2, -0.15) is 0 Å². The number of nitrogens with two attached hydrogens (primary N) is 1. The summed E-state index contributed by atoms with van der Waals surface area (Å²) < 4.78 is 7.30. The second-order valence-corrected chi connectivity index (χ2v) is 8.99. The largest absolute Gasteiger partial charge is 0.481 e. The van der Waals surface area contributed by atoms with E-state index in [9.17, 15) is 4.79 Å². The van der Waals surface area contributed by atoms with Crippen LogP contribution in [0, 0.1) is 17.8 Å². The number of nitrogens with zero attached hydrogens (tertiary/aromatic N) is 6. The normalized spacial score (nSPS) is 17.0. The fraction of sp³-hybridized carbons (Fsp3) is 0.385. The quantitative estimate of drug-likeness (QED) is 0.459. The first-order valence-electron chi connectivity index (χ1n) is 11.8. The van der Waals surface area contributed by atoms with Crippen LogP contribution < -0.4 is 10.5 Å². The maximum absolute atomic E-state index is 11.8. The number of carbonyl (C=O) groups is 1. The van der Waals surface area contributed by atoms with Crippen LogP contribution in [0.4, 0.5) is 5.82 Å². The Kier molecular flexibility index (Phi) is 6.14. The maximum atomic E-state index is 11.8. The van der Waals surface area contributed by atoms with Gasteiger partial charge in [0.15, 0.2) is 0 Å². The summed E-state index contributed by atoms with van der Waals surface area (Å²) >= 11 is 0. The highest BCUT2D eigenvalue weighted by Crippen LogP contribution is 2.35. The van der Waals surface area contributed by atoms with Gasteiger partial charge in [-0.05, 0) is 30.9 Å². The molecule has 0 atom stereocenters. The van der Waals surface area contributed by atoms with Crippen molar-refractivity contribution in [1.29, 1.82) is 0 Å². The number of fused-ring (bicyclic) bond motifs is 1. The van der Waals surface area contributed by atoms with Gasteiger partial charge in [-0.25, -0.2) is 15.0 Å². The molecule has 2 aliphatic rings. The molecule has 2 N–H and O–H groups in total. The number of aromatic nitrogens is 4. The summed E-state index contributed by atoms with van der Waals surface area (Å²) in [5.74, 6) is 8.10. The maximum Gasteiger partial charge on any atom is 0.245 e. The van der Waals surface area contributed by atoms with Crippen molar-refractivity contribution in [3.63, 3.8) is 0 Å². The Bertz CT molecular complexity index is 1340. The van der Waals surface area contributed by atoms with Crippen molar-refractivity contribution in [2.45, 2.75) is 18.9 Å². The lowest BCUT2D eigenvalue weighted by Crippen LogP contribution is -2.55. The fourth-order valence-electron chi connectivity index (χ4n) is 4.99. The average Bonchev–Trinajstić information content (AvgIpc) is 3.15. The molecule has 2 fully saturated rings. The van der Waals surface area contributed by atoms with E-state index in [4.69, 9.17) is 10.5 Å². The van der Waals surface area contributed by atoms with E-state index in [1.165, 1.54) is 12.4 Å². The molecule has 9 nitrogen and oxygen atoms in total. The number of likely N-dealkylation sites (tertiary alicyclic amines) is 2. The summed E-state index contributed by atoms with van der Waals surface area (Å²) in [7, 11) is 3.53. The number of hydrogen-bond acceptors (Lipinski definition) is 7. The van der Waals surface area contributed by atoms with E-state index in [1.807, 2.05) is 28.6 Å². The molecule has 0 unspecified atom stereocenters. The molecule has 5 heterocycles. The van der Waals surface area contributed by atoms with Crippen molar-refractivity contribution in [1.82, 2.24) is 29.3 Å². The molecule has 9 heteroatoms. The predicted molar refractivity (Wildman–Crippen MR) is 134 cm³/mol. The number of amides is 1. The van der Waals surface area contributed by atoms with Crippen molar-refractivity contribution in [3.05, 3.63) is 42.9 Å². The molecule has 0 bridgehead atoms. The molecule has 5 rings (SSSR count). The molecule has 3 aromatic rings. The SMILES string of the molecule is C=CC(=O)N1CCC(N2CC(C#Cc3c(-c4cccc(OC)n4)c4c(N)ncnc4n3C)C2)CC1. The predicted octanol–water partition coefficient (Wildman–Crippen LogP) is 2.08. The third-order valence-corrected chi connectivity index (χ3v) is 6.96. The summed E-state index contributed by atoms with van der Waals surface area (Å²) in [5, 5.41) is 0.746. The Morgan fingerprint density at radius 2 is 2.03 bits per heavy atom. The third-order valence-electron chi connectivity index (χ3n) is 6.96. The minimum absolute atomic E-state index is 0.0254. The van der Waals surface area contributed by atoms with Crippen molar-refractivity contribution in [2.24, 2.45) is 13.0 Å². The first kappa shape index (κ1) is 22.9. The van der Waals surface area contributed by atoms with Gasteiger partial charge in [0.05, 0.1) is 18.2 Å². The Morgan fingerprint density at radius 3 is 2.74 bits per heavy atom. The Balaban J connectivity index is 1.37. The van der Waals surface area contributed by atoms with Crippen LogP contribution >= 0.6 is 0 Å². The highest BCUT2D eigenvalue weighted by Gasteiger charge is 2.34. The van der Waals surface area contributed by atoms with E-state index in [1.54, 1.807) is 13.2 Å². The van der Waals surface area contributed by atoms with Gasteiger partial charge in [-0.1, -0.05) is 18.6 Å². The zero-order valence-corrected chi connectivity index (χ0v) is 20.1. The zero-order chi connectivity index (χ0) is 24.5. The van der Waals surface area contributed by atoms with Gasteiger partial charge in [-0.3, -0.25) is 9.69 Å². The van der Waals surface area contributed by atoms with Crippen LogP contribution in [0.5, 0.6) is 5.88 Å². The van der Waals surface area contributed by atoms with Crippen molar-refractivity contribution in [2.75, 3.05) is 39.0 Å². The van der Waals surface area contributed by atoms with Gasteiger partial charge < -0.3 is 19.9 Å². The fourth-order valence-corrected chi connectivity index (χ4v) is 4.99. The smallest absolute Gasteiger partial charge is 0.245 e. The van der Waals surface area contributed by atoms with Gasteiger partial charge >= 0.3 is 0 Å². The number of aryl methyl sites for hydroxylation is 1. The van der Waals surface area contributed by atoms with Crippen LogP contribution in [0.25, 0.3) is 22.3 Å². The van der Waals surface area contributed by atoms with Crippen molar-refractivity contribution >= 4 is 22.8 Å². The minimum atomic E-state index is 0.0254. The molecule has 0 spiro atoms. The molecule has 1 amide bonds. The number of carbonyl (C=O) groups excluding carboxylic acids is 1. The average molecular weight is 472 g/mol. The Labute approximate surface area is 204 Å². The van der Waals surface area contributed by atoms with Crippen LogP contribution in [0.3, 0.4) is 0 Å². The number of methoxy groups -OCH3 is 1. The second-order valence-electron chi connectivity index (χ2n) is 8.99. The lowest BCUT2D eigenvalue weighted by atomic mass is 9.93. The molecule has 0 saturated carbocycles.